The van der Waals surface area contributed by atoms with Gasteiger partial charge < -0.3 is 19.0 Å². The van der Waals surface area contributed by atoms with Gasteiger partial charge >= 0.3 is 0 Å². The van der Waals surface area contributed by atoms with Crippen molar-refractivity contribution in [2.75, 3.05) is 31.1 Å². The molecule has 4 rings (SSSR count). The summed E-state index contributed by atoms with van der Waals surface area (Å²) in [5.41, 5.74) is 1.67. The van der Waals surface area contributed by atoms with Crippen LogP contribution in [0.15, 0.2) is 47.5 Å². The number of ether oxygens (including phenoxy) is 1. The number of amides is 1. The first-order valence-electron chi connectivity index (χ1n) is 7.42. The number of pyridine rings is 1. The number of hydrogen-bond donors (Lipinski definition) is 0. The molecule has 0 unspecified atom stereocenters. The molecule has 0 aromatic carbocycles. The van der Waals surface area contributed by atoms with Crippen molar-refractivity contribution in [3.63, 3.8) is 0 Å². The molecule has 2 saturated heterocycles. The maximum absolute atomic E-state index is 12.5. The molecule has 0 spiro atoms. The second-order valence-electron chi connectivity index (χ2n) is 5.60. The summed E-state index contributed by atoms with van der Waals surface area (Å²) in [7, 11) is 0. The van der Waals surface area contributed by atoms with Crippen molar-refractivity contribution in [3.8, 4) is 0 Å². The first-order chi connectivity index (χ1) is 10.8. The first kappa shape index (κ1) is 13.3. The molecule has 0 radical (unpaired) electrons. The van der Waals surface area contributed by atoms with Crippen LogP contribution in [0.5, 0.6) is 0 Å². The van der Waals surface area contributed by atoms with Gasteiger partial charge in [-0.15, -0.1) is 0 Å². The molecule has 2 aliphatic heterocycles. The molecule has 6 nitrogen and oxygen atoms in total. The van der Waals surface area contributed by atoms with Gasteiger partial charge in [-0.2, -0.15) is 0 Å². The van der Waals surface area contributed by atoms with Crippen LogP contribution < -0.4 is 4.90 Å². The van der Waals surface area contributed by atoms with Crippen LogP contribution in [0, 0.1) is 0 Å². The minimum Gasteiger partial charge on any atom is -0.472 e. The predicted octanol–water partition coefficient (Wildman–Crippen LogP) is 1.40. The largest absolute Gasteiger partial charge is 0.472 e. The summed E-state index contributed by atoms with van der Waals surface area (Å²) in [5.74, 6) is -0.00196. The third-order valence-corrected chi connectivity index (χ3v) is 4.33. The van der Waals surface area contributed by atoms with Crippen LogP contribution in [0.25, 0.3) is 0 Å². The minimum atomic E-state index is -0.00196. The fraction of sp³-hybridized carbons (Fsp3) is 0.375. The van der Waals surface area contributed by atoms with E-state index in [1.54, 1.807) is 12.3 Å². The summed E-state index contributed by atoms with van der Waals surface area (Å²) < 4.78 is 10.9. The van der Waals surface area contributed by atoms with Gasteiger partial charge in [0, 0.05) is 25.8 Å². The lowest BCUT2D eigenvalue weighted by molar-refractivity contribution is 0.0302. The Hall–Kier alpha value is -2.34. The van der Waals surface area contributed by atoms with Crippen LogP contribution in [0.4, 0.5) is 5.69 Å². The van der Waals surface area contributed by atoms with E-state index in [4.69, 9.17) is 9.15 Å². The molecule has 0 N–H and O–H groups in total. The molecule has 2 atom stereocenters. The standard InChI is InChI=1S/C16H17N3O3/c20-16(12-3-6-21-11-12)18-9-14-15(10-18)22-7-5-19(14)13-2-1-4-17-8-13/h1-4,6,8,11,14-15H,5,7,9-10H2/t14-,15+/m1/s1. The third-order valence-electron chi connectivity index (χ3n) is 4.33. The molecule has 2 fully saturated rings. The molecular weight excluding hydrogens is 282 g/mol. The smallest absolute Gasteiger partial charge is 0.257 e. The molecule has 2 aromatic rings. The quantitative estimate of drug-likeness (QED) is 0.839. The lowest BCUT2D eigenvalue weighted by atomic mass is 10.1. The topological polar surface area (TPSA) is 58.8 Å². The summed E-state index contributed by atoms with van der Waals surface area (Å²) in [5, 5.41) is 0. The van der Waals surface area contributed by atoms with E-state index in [-0.39, 0.29) is 18.1 Å². The summed E-state index contributed by atoms with van der Waals surface area (Å²) in [6.07, 6.45) is 6.69. The van der Waals surface area contributed by atoms with E-state index in [0.29, 0.717) is 25.3 Å². The fourth-order valence-corrected chi connectivity index (χ4v) is 3.27. The Bertz CT molecular complexity index is 644. The average Bonchev–Trinajstić information content (AvgIpc) is 3.24. The highest BCUT2D eigenvalue weighted by Crippen LogP contribution is 2.28. The fourth-order valence-electron chi connectivity index (χ4n) is 3.27. The molecule has 0 bridgehead atoms. The monoisotopic (exact) mass is 299 g/mol. The van der Waals surface area contributed by atoms with Crippen molar-refractivity contribution in [1.29, 1.82) is 0 Å². The zero-order valence-electron chi connectivity index (χ0n) is 12.1. The predicted molar refractivity (Wildman–Crippen MR) is 79.7 cm³/mol. The summed E-state index contributed by atoms with van der Waals surface area (Å²) in [6, 6.07) is 5.86. The minimum absolute atomic E-state index is 0.00196. The number of rotatable bonds is 2. The number of furan rings is 1. The van der Waals surface area contributed by atoms with E-state index in [1.807, 2.05) is 17.2 Å². The molecular formula is C16H17N3O3. The lowest BCUT2D eigenvalue weighted by Gasteiger charge is -2.38. The van der Waals surface area contributed by atoms with E-state index >= 15 is 0 Å². The number of carbonyl (C=O) groups is 1. The molecule has 114 valence electrons. The van der Waals surface area contributed by atoms with Gasteiger partial charge in [0.15, 0.2) is 0 Å². The number of fused-ring (bicyclic) bond motifs is 1. The summed E-state index contributed by atoms with van der Waals surface area (Å²) in [6.45, 7) is 2.76. The zero-order chi connectivity index (χ0) is 14.9. The first-order valence-corrected chi connectivity index (χ1v) is 7.42. The van der Waals surface area contributed by atoms with Gasteiger partial charge in [-0.25, -0.2) is 0 Å². The Balaban J connectivity index is 1.55. The SMILES string of the molecule is O=C(c1ccoc1)N1C[C@@H]2OCCN(c3cccnc3)[C@@H]2C1. The highest BCUT2D eigenvalue weighted by Gasteiger charge is 2.42. The van der Waals surface area contributed by atoms with E-state index < -0.39 is 0 Å². The number of carbonyl (C=O) groups excluding carboxylic acids is 1. The van der Waals surface area contributed by atoms with Crippen LogP contribution in [0.1, 0.15) is 10.4 Å². The Kier molecular flexibility index (Phi) is 3.31. The highest BCUT2D eigenvalue weighted by atomic mass is 16.5. The number of aromatic nitrogens is 1. The Morgan fingerprint density at radius 1 is 1.32 bits per heavy atom. The van der Waals surface area contributed by atoms with Crippen LogP contribution >= 0.6 is 0 Å². The summed E-state index contributed by atoms with van der Waals surface area (Å²) in [4.78, 5) is 20.8. The molecule has 6 heteroatoms. The molecule has 4 heterocycles. The van der Waals surface area contributed by atoms with Gasteiger partial charge in [0.05, 0.1) is 42.5 Å². The lowest BCUT2D eigenvalue weighted by Crippen LogP contribution is -2.51. The van der Waals surface area contributed by atoms with Crippen LogP contribution in [0.2, 0.25) is 0 Å². The second kappa shape index (κ2) is 5.46. The number of likely N-dealkylation sites (tertiary alicyclic amines) is 1. The van der Waals surface area contributed by atoms with Gasteiger partial charge in [-0.05, 0) is 18.2 Å². The van der Waals surface area contributed by atoms with Crippen molar-refractivity contribution < 1.29 is 13.9 Å². The molecule has 22 heavy (non-hydrogen) atoms. The number of nitrogens with zero attached hydrogens (tertiary/aromatic N) is 3. The molecule has 0 saturated carbocycles. The van der Waals surface area contributed by atoms with Crippen molar-refractivity contribution in [2.45, 2.75) is 12.1 Å². The Labute approximate surface area is 128 Å². The Morgan fingerprint density at radius 3 is 3.05 bits per heavy atom. The van der Waals surface area contributed by atoms with Crippen LogP contribution in [-0.2, 0) is 4.74 Å². The summed E-state index contributed by atoms with van der Waals surface area (Å²) >= 11 is 0. The molecule has 2 aromatic heterocycles. The van der Waals surface area contributed by atoms with Gasteiger partial charge in [0.1, 0.15) is 6.26 Å². The normalized spacial score (nSPS) is 24.4. The highest BCUT2D eigenvalue weighted by molar-refractivity contribution is 5.94. The van der Waals surface area contributed by atoms with Gasteiger partial charge in [0.25, 0.3) is 5.91 Å². The van der Waals surface area contributed by atoms with Crippen molar-refractivity contribution >= 4 is 11.6 Å². The maximum Gasteiger partial charge on any atom is 0.257 e. The average molecular weight is 299 g/mol. The number of anilines is 1. The number of morpholine rings is 1. The third kappa shape index (κ3) is 2.25. The van der Waals surface area contributed by atoms with Gasteiger partial charge in [-0.1, -0.05) is 0 Å². The molecule has 0 aliphatic carbocycles. The molecule has 2 aliphatic rings. The van der Waals surface area contributed by atoms with Crippen LogP contribution in [0.3, 0.4) is 0 Å². The van der Waals surface area contributed by atoms with E-state index in [9.17, 15) is 4.79 Å². The van der Waals surface area contributed by atoms with Gasteiger partial charge in [-0.3, -0.25) is 9.78 Å². The zero-order valence-corrected chi connectivity index (χ0v) is 12.1. The van der Waals surface area contributed by atoms with E-state index in [1.165, 1.54) is 12.5 Å². The van der Waals surface area contributed by atoms with Crippen molar-refractivity contribution in [3.05, 3.63) is 48.7 Å². The maximum atomic E-state index is 12.5. The Morgan fingerprint density at radius 2 is 2.27 bits per heavy atom. The van der Waals surface area contributed by atoms with Crippen molar-refractivity contribution in [1.82, 2.24) is 9.88 Å². The molecule has 1 amide bonds. The van der Waals surface area contributed by atoms with Gasteiger partial charge in [0.2, 0.25) is 0 Å². The number of hydrogen-bond acceptors (Lipinski definition) is 5. The second-order valence-corrected chi connectivity index (χ2v) is 5.60. The van der Waals surface area contributed by atoms with Crippen LogP contribution in [-0.4, -0.2) is 54.2 Å². The van der Waals surface area contributed by atoms with E-state index in [0.717, 1.165) is 12.2 Å². The van der Waals surface area contributed by atoms with E-state index in [2.05, 4.69) is 16.0 Å². The van der Waals surface area contributed by atoms with Crippen molar-refractivity contribution in [2.24, 2.45) is 0 Å².